The molecular formula is C28H36N2O2S. The molecule has 0 N–H and O–H groups in total. The Hall–Kier alpha value is -1.82. The van der Waals surface area contributed by atoms with Gasteiger partial charge < -0.3 is 9.64 Å². The third-order valence-electron chi connectivity index (χ3n) is 8.01. The number of benzene rings is 2. The Balaban J connectivity index is 1.32. The Bertz CT molecular complexity index is 1010. The molecular weight excluding hydrogens is 428 g/mol. The summed E-state index contributed by atoms with van der Waals surface area (Å²) in [5.74, 6) is 1.73. The maximum absolute atomic E-state index is 13.2. The number of fused-ring (bicyclic) bond motifs is 3. The van der Waals surface area contributed by atoms with E-state index in [1.54, 1.807) is 11.8 Å². The van der Waals surface area contributed by atoms with Gasteiger partial charge in [-0.1, -0.05) is 49.4 Å². The van der Waals surface area contributed by atoms with Gasteiger partial charge >= 0.3 is 0 Å². The fourth-order valence-electron chi connectivity index (χ4n) is 6.12. The van der Waals surface area contributed by atoms with E-state index in [1.165, 1.54) is 16.7 Å². The first-order valence-corrected chi connectivity index (χ1v) is 13.5. The highest BCUT2D eigenvalue weighted by molar-refractivity contribution is 7.99. The Morgan fingerprint density at radius 2 is 1.73 bits per heavy atom. The van der Waals surface area contributed by atoms with Gasteiger partial charge in [-0.25, -0.2) is 0 Å². The molecule has 2 aromatic carbocycles. The van der Waals surface area contributed by atoms with Gasteiger partial charge in [0.25, 0.3) is 0 Å². The molecule has 5 rings (SSSR count). The van der Waals surface area contributed by atoms with Gasteiger partial charge in [-0.05, 0) is 62.3 Å². The SMILES string of the molecule is CCC(CC(C)(C)N1CCC2(CC1)OCc1ccccc12)N1C(=O)CSCc2ccccc21. The fraction of sp³-hybridized carbons (Fsp3) is 0.536. The molecule has 4 nitrogen and oxygen atoms in total. The molecule has 33 heavy (non-hydrogen) atoms. The topological polar surface area (TPSA) is 32.8 Å². The van der Waals surface area contributed by atoms with Gasteiger partial charge in [-0.2, -0.15) is 0 Å². The Labute approximate surface area is 202 Å². The second kappa shape index (κ2) is 9.09. The van der Waals surface area contributed by atoms with Gasteiger partial charge in [0.2, 0.25) is 5.91 Å². The molecule has 3 heterocycles. The maximum Gasteiger partial charge on any atom is 0.237 e. The van der Waals surface area contributed by atoms with E-state index >= 15 is 0 Å². The molecule has 1 fully saturated rings. The number of carbonyl (C=O) groups is 1. The van der Waals surface area contributed by atoms with E-state index in [2.05, 4.69) is 79.1 Å². The number of hydrogen-bond acceptors (Lipinski definition) is 4. The van der Waals surface area contributed by atoms with Crippen LogP contribution in [0.5, 0.6) is 0 Å². The summed E-state index contributed by atoms with van der Waals surface area (Å²) in [5, 5.41) is 0. The van der Waals surface area contributed by atoms with Crippen LogP contribution in [0.3, 0.4) is 0 Å². The van der Waals surface area contributed by atoms with Crippen LogP contribution < -0.4 is 4.90 Å². The zero-order chi connectivity index (χ0) is 23.1. The molecule has 1 spiro atoms. The third kappa shape index (κ3) is 4.24. The number of para-hydroxylation sites is 1. The molecule has 2 aromatic rings. The van der Waals surface area contributed by atoms with Crippen molar-refractivity contribution in [1.82, 2.24) is 4.90 Å². The van der Waals surface area contributed by atoms with Crippen LogP contribution in [0.4, 0.5) is 5.69 Å². The normalized spacial score (nSPS) is 21.5. The van der Waals surface area contributed by atoms with E-state index in [1.807, 2.05) is 0 Å². The third-order valence-corrected chi connectivity index (χ3v) is 8.98. The van der Waals surface area contributed by atoms with Crippen LogP contribution in [0.2, 0.25) is 0 Å². The number of ether oxygens (including phenoxy) is 1. The van der Waals surface area contributed by atoms with Crippen molar-refractivity contribution >= 4 is 23.4 Å². The Morgan fingerprint density at radius 1 is 1.03 bits per heavy atom. The lowest BCUT2D eigenvalue weighted by Gasteiger charge is -2.48. The van der Waals surface area contributed by atoms with Crippen molar-refractivity contribution in [2.24, 2.45) is 0 Å². The second-order valence-electron chi connectivity index (χ2n) is 10.4. The first-order valence-electron chi connectivity index (χ1n) is 12.4. The molecule has 1 saturated heterocycles. The number of amides is 1. The largest absolute Gasteiger partial charge is 0.365 e. The van der Waals surface area contributed by atoms with Gasteiger partial charge in [0.15, 0.2) is 0 Å². The number of rotatable bonds is 5. The summed E-state index contributed by atoms with van der Waals surface area (Å²) in [6, 6.07) is 17.4. The highest BCUT2D eigenvalue weighted by Gasteiger charge is 2.45. The van der Waals surface area contributed by atoms with Crippen molar-refractivity contribution in [3.63, 3.8) is 0 Å². The molecule has 0 aliphatic carbocycles. The average molecular weight is 465 g/mol. The highest BCUT2D eigenvalue weighted by Crippen LogP contribution is 2.45. The van der Waals surface area contributed by atoms with Crippen molar-refractivity contribution in [2.75, 3.05) is 23.7 Å². The first kappa shape index (κ1) is 22.9. The van der Waals surface area contributed by atoms with Crippen molar-refractivity contribution in [3.05, 3.63) is 65.2 Å². The maximum atomic E-state index is 13.2. The lowest BCUT2D eigenvalue weighted by Crippen LogP contribution is -2.55. The average Bonchev–Trinajstić information content (AvgIpc) is 3.08. The van der Waals surface area contributed by atoms with Crippen LogP contribution in [-0.4, -0.2) is 41.2 Å². The smallest absolute Gasteiger partial charge is 0.237 e. The molecule has 0 saturated carbocycles. The molecule has 176 valence electrons. The monoisotopic (exact) mass is 464 g/mol. The van der Waals surface area contributed by atoms with Gasteiger partial charge in [-0.15, -0.1) is 11.8 Å². The van der Waals surface area contributed by atoms with Crippen molar-refractivity contribution in [2.45, 2.75) is 76.0 Å². The Morgan fingerprint density at radius 3 is 2.48 bits per heavy atom. The first-order chi connectivity index (χ1) is 15.9. The summed E-state index contributed by atoms with van der Waals surface area (Å²) < 4.78 is 6.40. The lowest BCUT2D eigenvalue weighted by molar-refractivity contribution is -0.117. The van der Waals surface area contributed by atoms with E-state index in [0.717, 1.165) is 56.8 Å². The van der Waals surface area contributed by atoms with Crippen LogP contribution in [-0.2, 0) is 27.5 Å². The number of hydrogen-bond donors (Lipinski definition) is 0. The Kier molecular flexibility index (Phi) is 6.32. The molecule has 3 aliphatic heterocycles. The second-order valence-corrected chi connectivity index (χ2v) is 11.4. The van der Waals surface area contributed by atoms with Crippen molar-refractivity contribution < 1.29 is 9.53 Å². The van der Waals surface area contributed by atoms with E-state index < -0.39 is 0 Å². The summed E-state index contributed by atoms with van der Waals surface area (Å²) in [6.45, 7) is 9.74. The van der Waals surface area contributed by atoms with Gasteiger partial charge in [0.1, 0.15) is 0 Å². The number of thioether (sulfide) groups is 1. The predicted molar refractivity (Wildman–Crippen MR) is 137 cm³/mol. The minimum absolute atomic E-state index is 0.00901. The quantitative estimate of drug-likeness (QED) is 0.565. The zero-order valence-electron chi connectivity index (χ0n) is 20.2. The number of carbonyl (C=O) groups excluding carboxylic acids is 1. The number of piperidine rings is 1. The molecule has 0 radical (unpaired) electrons. The molecule has 5 heteroatoms. The summed E-state index contributed by atoms with van der Waals surface area (Å²) in [4.78, 5) is 18.0. The predicted octanol–water partition coefficient (Wildman–Crippen LogP) is 5.74. The highest BCUT2D eigenvalue weighted by atomic mass is 32.2. The van der Waals surface area contributed by atoms with Crippen LogP contribution in [0, 0.1) is 0 Å². The number of likely N-dealkylation sites (tertiary alicyclic amines) is 1. The minimum atomic E-state index is -0.107. The van der Waals surface area contributed by atoms with E-state index in [-0.39, 0.29) is 23.1 Å². The zero-order valence-corrected chi connectivity index (χ0v) is 21.0. The van der Waals surface area contributed by atoms with Gasteiger partial charge in [-0.3, -0.25) is 9.69 Å². The van der Waals surface area contributed by atoms with Gasteiger partial charge in [0.05, 0.1) is 18.0 Å². The molecule has 1 amide bonds. The van der Waals surface area contributed by atoms with Crippen molar-refractivity contribution in [1.29, 1.82) is 0 Å². The summed E-state index contributed by atoms with van der Waals surface area (Å²) in [7, 11) is 0. The standard InChI is InChI=1S/C28H36N2O2S/c1-4-23(30-25-12-8-6-10-22(25)19-33-20-26(30)31)17-27(2,3)29-15-13-28(14-16-29)24-11-7-5-9-21(24)18-32-28/h5-12,23H,4,13-20H2,1-3H3. The lowest BCUT2D eigenvalue weighted by atomic mass is 9.81. The van der Waals surface area contributed by atoms with Crippen LogP contribution >= 0.6 is 11.8 Å². The molecule has 3 aliphatic rings. The fourth-order valence-corrected chi connectivity index (χ4v) is 7.00. The van der Waals surface area contributed by atoms with E-state index in [0.29, 0.717) is 5.75 Å². The summed E-state index contributed by atoms with van der Waals surface area (Å²) in [5.41, 5.74) is 5.05. The van der Waals surface area contributed by atoms with E-state index in [4.69, 9.17) is 4.74 Å². The van der Waals surface area contributed by atoms with Crippen LogP contribution in [0.15, 0.2) is 48.5 Å². The summed E-state index contributed by atoms with van der Waals surface area (Å²) in [6.07, 6.45) is 4.00. The molecule has 0 aromatic heterocycles. The van der Waals surface area contributed by atoms with Crippen LogP contribution in [0.1, 0.15) is 63.1 Å². The van der Waals surface area contributed by atoms with Crippen molar-refractivity contribution in [3.8, 4) is 0 Å². The van der Waals surface area contributed by atoms with Gasteiger partial charge in [0, 0.05) is 36.1 Å². The van der Waals surface area contributed by atoms with E-state index in [9.17, 15) is 4.79 Å². The molecule has 0 bridgehead atoms. The molecule has 1 atom stereocenters. The number of nitrogens with zero attached hydrogens (tertiary/aromatic N) is 2. The minimum Gasteiger partial charge on any atom is -0.365 e. The summed E-state index contributed by atoms with van der Waals surface area (Å²) >= 11 is 1.73. The molecule has 1 unspecified atom stereocenters. The van der Waals surface area contributed by atoms with Crippen LogP contribution in [0.25, 0.3) is 0 Å². The number of anilines is 1.